The van der Waals surface area contributed by atoms with E-state index in [1.165, 1.54) is 0 Å². The number of nitrogens with two attached hydrogens (primary N) is 1. The number of aromatic amines is 1. The number of pyridine rings is 1. The van der Waals surface area contributed by atoms with Gasteiger partial charge in [0.1, 0.15) is 5.69 Å². The fraction of sp³-hybridized carbons (Fsp3) is 0. The molecule has 0 saturated carbocycles. The number of hydrogen-bond acceptors (Lipinski definition) is 3. The van der Waals surface area contributed by atoms with Crippen LogP contribution in [-0.4, -0.2) is 15.0 Å². The summed E-state index contributed by atoms with van der Waals surface area (Å²) in [6.07, 6.45) is 1.75. The second kappa shape index (κ2) is 7.19. The first-order chi connectivity index (χ1) is 7.83. The van der Waals surface area contributed by atoms with Crippen LogP contribution >= 0.6 is 37.2 Å². The highest BCUT2D eigenvalue weighted by Gasteiger charge is 2.05. The third-order valence-electron chi connectivity index (χ3n) is 2.41. The Kier molecular flexibility index (Phi) is 6.62. The zero-order chi connectivity index (χ0) is 11.0. The Morgan fingerprint density at radius 2 is 1.79 bits per heavy atom. The first-order valence-electron chi connectivity index (χ1n) is 4.99. The van der Waals surface area contributed by atoms with Gasteiger partial charge in [-0.3, -0.25) is 4.98 Å². The van der Waals surface area contributed by atoms with Gasteiger partial charge in [-0.1, -0.05) is 6.07 Å². The van der Waals surface area contributed by atoms with Crippen LogP contribution in [0.3, 0.4) is 0 Å². The molecular weight excluding hydrogens is 307 g/mol. The van der Waals surface area contributed by atoms with Crippen molar-refractivity contribution in [2.24, 2.45) is 0 Å². The Bertz CT molecular complexity index is 640. The number of hydrogen-bond donors (Lipinski definition) is 2. The molecule has 2 aromatic heterocycles. The van der Waals surface area contributed by atoms with Crippen molar-refractivity contribution in [1.29, 1.82) is 0 Å². The molecule has 19 heavy (non-hydrogen) atoms. The quantitative estimate of drug-likeness (QED) is 0.675. The van der Waals surface area contributed by atoms with Crippen LogP contribution in [-0.2, 0) is 0 Å². The number of fused-ring (bicyclic) bond motifs is 1. The molecule has 1 aromatic carbocycles. The number of nitrogen functional groups attached to an aromatic ring is 1. The number of rotatable bonds is 1. The van der Waals surface area contributed by atoms with Crippen LogP contribution in [0.25, 0.3) is 22.6 Å². The summed E-state index contributed by atoms with van der Waals surface area (Å²) in [4.78, 5) is 11.9. The highest BCUT2D eigenvalue weighted by molar-refractivity contribution is 5.86. The summed E-state index contributed by atoms with van der Waals surface area (Å²) in [5, 5.41) is 0. The second-order valence-corrected chi connectivity index (χ2v) is 3.58. The molecule has 0 unspecified atom stereocenters. The van der Waals surface area contributed by atoms with E-state index >= 15 is 0 Å². The summed E-state index contributed by atoms with van der Waals surface area (Å²) < 4.78 is 0. The van der Waals surface area contributed by atoms with E-state index in [0.29, 0.717) is 0 Å². The Morgan fingerprint density at radius 1 is 1.00 bits per heavy atom. The molecule has 0 saturated heterocycles. The van der Waals surface area contributed by atoms with Gasteiger partial charge in [-0.2, -0.15) is 0 Å². The van der Waals surface area contributed by atoms with Crippen LogP contribution < -0.4 is 5.73 Å². The van der Waals surface area contributed by atoms with E-state index in [2.05, 4.69) is 15.0 Å². The molecule has 3 aromatic rings. The molecule has 0 aliphatic heterocycles. The number of anilines is 1. The SMILES string of the molecule is Cl.Cl.Cl.Nc1ccc2nc(-c3ccccn3)[nH]c2c1. The van der Waals surface area contributed by atoms with E-state index in [1.54, 1.807) is 6.20 Å². The molecule has 0 radical (unpaired) electrons. The van der Waals surface area contributed by atoms with Crippen molar-refractivity contribution >= 4 is 53.9 Å². The van der Waals surface area contributed by atoms with E-state index in [1.807, 2.05) is 36.4 Å². The van der Waals surface area contributed by atoms with Crippen molar-refractivity contribution < 1.29 is 0 Å². The van der Waals surface area contributed by atoms with Crippen LogP contribution in [0, 0.1) is 0 Å². The first kappa shape index (κ1) is 17.5. The van der Waals surface area contributed by atoms with Gasteiger partial charge in [-0.15, -0.1) is 37.2 Å². The number of nitrogens with one attached hydrogen (secondary N) is 1. The van der Waals surface area contributed by atoms with E-state index in [0.717, 1.165) is 28.2 Å². The maximum Gasteiger partial charge on any atom is 0.157 e. The predicted molar refractivity (Wildman–Crippen MR) is 85.5 cm³/mol. The van der Waals surface area contributed by atoms with E-state index in [-0.39, 0.29) is 37.2 Å². The fourth-order valence-electron chi connectivity index (χ4n) is 1.65. The summed E-state index contributed by atoms with van der Waals surface area (Å²) >= 11 is 0. The lowest BCUT2D eigenvalue weighted by molar-refractivity contribution is 1.24. The average Bonchev–Trinajstić information content (AvgIpc) is 2.73. The smallest absolute Gasteiger partial charge is 0.157 e. The van der Waals surface area contributed by atoms with Crippen molar-refractivity contribution in [3.63, 3.8) is 0 Å². The highest BCUT2D eigenvalue weighted by Crippen LogP contribution is 2.19. The topological polar surface area (TPSA) is 67.6 Å². The number of aromatic nitrogens is 3. The van der Waals surface area contributed by atoms with E-state index < -0.39 is 0 Å². The van der Waals surface area contributed by atoms with Gasteiger partial charge in [-0.25, -0.2) is 4.98 Å². The Balaban J connectivity index is 0.00000108. The van der Waals surface area contributed by atoms with Crippen molar-refractivity contribution in [2.75, 3.05) is 5.73 Å². The second-order valence-electron chi connectivity index (χ2n) is 3.58. The van der Waals surface area contributed by atoms with Crippen LogP contribution in [0.5, 0.6) is 0 Å². The van der Waals surface area contributed by atoms with Gasteiger partial charge in [0.25, 0.3) is 0 Å². The zero-order valence-corrected chi connectivity index (χ0v) is 12.2. The molecule has 0 aliphatic rings. The van der Waals surface area contributed by atoms with Crippen LogP contribution in [0.2, 0.25) is 0 Å². The van der Waals surface area contributed by atoms with Gasteiger partial charge in [0.15, 0.2) is 5.82 Å². The van der Waals surface area contributed by atoms with Crippen molar-refractivity contribution in [2.45, 2.75) is 0 Å². The van der Waals surface area contributed by atoms with Gasteiger partial charge >= 0.3 is 0 Å². The van der Waals surface area contributed by atoms with Crippen LogP contribution in [0.4, 0.5) is 5.69 Å². The largest absolute Gasteiger partial charge is 0.399 e. The molecule has 0 amide bonds. The highest BCUT2D eigenvalue weighted by atomic mass is 35.5. The minimum Gasteiger partial charge on any atom is -0.399 e. The summed E-state index contributed by atoms with van der Waals surface area (Å²) in [7, 11) is 0. The molecule has 102 valence electrons. The lowest BCUT2D eigenvalue weighted by atomic mass is 10.3. The molecule has 3 N–H and O–H groups in total. The summed E-state index contributed by atoms with van der Waals surface area (Å²) in [6, 6.07) is 11.3. The van der Waals surface area contributed by atoms with Crippen molar-refractivity contribution in [3.05, 3.63) is 42.6 Å². The molecule has 0 atom stereocenters. The summed E-state index contributed by atoms with van der Waals surface area (Å²) in [5.41, 5.74) is 9.09. The molecule has 4 nitrogen and oxygen atoms in total. The molecule has 0 spiro atoms. The third kappa shape index (κ3) is 3.50. The molecule has 7 heteroatoms. The van der Waals surface area contributed by atoms with E-state index in [4.69, 9.17) is 5.73 Å². The first-order valence-corrected chi connectivity index (χ1v) is 4.99. The number of H-pyrrole nitrogens is 1. The summed E-state index contributed by atoms with van der Waals surface area (Å²) in [5.74, 6) is 0.765. The average molecular weight is 320 g/mol. The molecule has 3 rings (SSSR count). The minimum atomic E-state index is 0. The van der Waals surface area contributed by atoms with Gasteiger partial charge in [0, 0.05) is 11.9 Å². The number of benzene rings is 1. The van der Waals surface area contributed by atoms with E-state index in [9.17, 15) is 0 Å². The fourth-order valence-corrected chi connectivity index (χ4v) is 1.65. The zero-order valence-electron chi connectivity index (χ0n) is 9.74. The predicted octanol–water partition coefficient (Wildman–Crippen LogP) is 3.47. The van der Waals surface area contributed by atoms with Crippen molar-refractivity contribution in [1.82, 2.24) is 15.0 Å². The summed E-state index contributed by atoms with van der Waals surface area (Å²) in [6.45, 7) is 0. The van der Waals surface area contributed by atoms with Crippen LogP contribution in [0.1, 0.15) is 0 Å². The Morgan fingerprint density at radius 3 is 2.47 bits per heavy atom. The minimum absolute atomic E-state index is 0. The molecular formula is C12H13Cl3N4. The lowest BCUT2D eigenvalue weighted by Gasteiger charge is -1.92. The van der Waals surface area contributed by atoms with Gasteiger partial charge in [-0.05, 0) is 30.3 Å². The lowest BCUT2D eigenvalue weighted by Crippen LogP contribution is -1.83. The number of nitrogens with zero attached hydrogens (tertiary/aromatic N) is 2. The monoisotopic (exact) mass is 318 g/mol. The Hall–Kier alpha value is -1.49. The van der Waals surface area contributed by atoms with Gasteiger partial charge in [0.2, 0.25) is 0 Å². The number of halogens is 3. The van der Waals surface area contributed by atoms with Gasteiger partial charge in [0.05, 0.1) is 11.0 Å². The molecule has 0 aliphatic carbocycles. The van der Waals surface area contributed by atoms with Crippen LogP contribution in [0.15, 0.2) is 42.6 Å². The maximum absolute atomic E-state index is 5.71. The normalized spacial score (nSPS) is 9.05. The maximum atomic E-state index is 5.71. The Labute approximate surface area is 129 Å². The number of imidazole rings is 1. The molecule has 2 heterocycles. The molecule has 0 bridgehead atoms. The molecule has 0 fully saturated rings. The van der Waals surface area contributed by atoms with Gasteiger partial charge < -0.3 is 10.7 Å². The third-order valence-corrected chi connectivity index (χ3v) is 2.41. The van der Waals surface area contributed by atoms with Crippen molar-refractivity contribution in [3.8, 4) is 11.5 Å². The standard InChI is InChI=1S/C12H10N4.3ClH/c13-8-4-5-9-11(7-8)16-12(15-9)10-3-1-2-6-14-10;;;/h1-7H,13H2,(H,15,16);3*1H.